The first kappa shape index (κ1) is 16.1. The molecule has 2 aromatic rings. The highest BCUT2D eigenvalue weighted by Crippen LogP contribution is 2.28. The van der Waals surface area contributed by atoms with Gasteiger partial charge in [0.2, 0.25) is 0 Å². The highest BCUT2D eigenvalue weighted by atomic mass is 32.1. The van der Waals surface area contributed by atoms with Crippen LogP contribution in [0.2, 0.25) is 0 Å². The molecule has 0 radical (unpaired) electrons. The molecule has 1 heterocycles. The number of aryl methyl sites for hydroxylation is 1. The van der Waals surface area contributed by atoms with Crippen LogP contribution in [0, 0.1) is 11.6 Å². The first-order valence-electron chi connectivity index (χ1n) is 7.38. The molecule has 0 bridgehead atoms. The van der Waals surface area contributed by atoms with Gasteiger partial charge in [0, 0.05) is 17.0 Å². The minimum Gasteiger partial charge on any atom is -0.309 e. The second-order valence-corrected chi connectivity index (χ2v) is 6.10. The molecule has 1 nitrogen and oxygen atoms in total. The van der Waals surface area contributed by atoms with Gasteiger partial charge in [0.15, 0.2) is 0 Å². The Morgan fingerprint density at radius 2 is 1.86 bits per heavy atom. The molecule has 0 aliphatic heterocycles. The molecule has 2 rings (SSSR count). The van der Waals surface area contributed by atoms with Crippen molar-refractivity contribution < 1.29 is 8.78 Å². The van der Waals surface area contributed by atoms with Gasteiger partial charge in [-0.05, 0) is 60.5 Å². The average Bonchev–Trinajstić information content (AvgIpc) is 2.90. The van der Waals surface area contributed by atoms with Crippen molar-refractivity contribution in [3.8, 4) is 0 Å². The van der Waals surface area contributed by atoms with Crippen molar-refractivity contribution in [1.82, 2.24) is 5.32 Å². The lowest BCUT2D eigenvalue weighted by Crippen LogP contribution is -2.24. The van der Waals surface area contributed by atoms with Crippen molar-refractivity contribution in [3.63, 3.8) is 0 Å². The molecule has 1 aromatic heterocycles. The van der Waals surface area contributed by atoms with E-state index in [4.69, 9.17) is 0 Å². The van der Waals surface area contributed by atoms with Gasteiger partial charge in [-0.25, -0.2) is 8.78 Å². The van der Waals surface area contributed by atoms with Crippen LogP contribution in [0.5, 0.6) is 0 Å². The van der Waals surface area contributed by atoms with E-state index in [2.05, 4.69) is 30.6 Å². The van der Waals surface area contributed by atoms with Gasteiger partial charge in [-0.1, -0.05) is 13.8 Å². The fourth-order valence-electron chi connectivity index (χ4n) is 2.49. The lowest BCUT2D eigenvalue weighted by molar-refractivity contribution is 0.526. The topological polar surface area (TPSA) is 12.0 Å². The third-order valence-electron chi connectivity index (χ3n) is 3.48. The zero-order valence-corrected chi connectivity index (χ0v) is 13.3. The van der Waals surface area contributed by atoms with Crippen LogP contribution < -0.4 is 5.32 Å². The summed E-state index contributed by atoms with van der Waals surface area (Å²) in [6.07, 6.45) is 2.60. The molecular weight excluding hydrogens is 288 g/mol. The molecule has 21 heavy (non-hydrogen) atoms. The minimum absolute atomic E-state index is 0.112. The fourth-order valence-corrected chi connectivity index (χ4v) is 3.56. The Morgan fingerprint density at radius 1 is 1.14 bits per heavy atom. The Labute approximate surface area is 129 Å². The second-order valence-electron chi connectivity index (χ2n) is 5.15. The van der Waals surface area contributed by atoms with Crippen molar-refractivity contribution in [3.05, 3.63) is 57.3 Å². The monoisotopic (exact) mass is 309 g/mol. The lowest BCUT2D eigenvalue weighted by Gasteiger charge is -2.19. The number of halogens is 2. The molecule has 1 aromatic carbocycles. The minimum atomic E-state index is -0.513. The Hall–Kier alpha value is -1.26. The van der Waals surface area contributed by atoms with Crippen molar-refractivity contribution >= 4 is 11.3 Å². The molecule has 114 valence electrons. The van der Waals surface area contributed by atoms with E-state index < -0.39 is 11.6 Å². The van der Waals surface area contributed by atoms with Gasteiger partial charge in [-0.2, -0.15) is 0 Å². The average molecular weight is 309 g/mol. The molecule has 0 saturated carbocycles. The predicted molar refractivity (Wildman–Crippen MR) is 84.8 cm³/mol. The summed E-state index contributed by atoms with van der Waals surface area (Å²) in [5.41, 5.74) is 2.00. The summed E-state index contributed by atoms with van der Waals surface area (Å²) in [6, 6.07) is 6.00. The van der Waals surface area contributed by atoms with Crippen LogP contribution in [0.1, 0.15) is 42.3 Å². The molecule has 0 amide bonds. The Bertz CT molecular complexity index is 560. The van der Waals surface area contributed by atoms with E-state index in [1.165, 1.54) is 22.6 Å². The summed E-state index contributed by atoms with van der Waals surface area (Å²) < 4.78 is 26.7. The first-order valence-corrected chi connectivity index (χ1v) is 8.26. The summed E-state index contributed by atoms with van der Waals surface area (Å²) in [5.74, 6) is -1.03. The summed E-state index contributed by atoms with van der Waals surface area (Å²) in [6.45, 7) is 5.13. The van der Waals surface area contributed by atoms with Gasteiger partial charge in [0.05, 0.1) is 0 Å². The maximum atomic E-state index is 13.4. The van der Waals surface area contributed by atoms with Gasteiger partial charge in [0.25, 0.3) is 0 Å². The smallest absolute Gasteiger partial charge is 0.126 e. The van der Waals surface area contributed by atoms with Crippen LogP contribution in [0.4, 0.5) is 8.78 Å². The summed E-state index contributed by atoms with van der Waals surface area (Å²) in [4.78, 5) is 1.27. The summed E-state index contributed by atoms with van der Waals surface area (Å²) in [7, 11) is 0. The van der Waals surface area contributed by atoms with E-state index in [-0.39, 0.29) is 6.04 Å². The predicted octanol–water partition coefficient (Wildman–Crippen LogP) is 4.87. The molecule has 0 fully saturated rings. The highest BCUT2D eigenvalue weighted by molar-refractivity contribution is 7.10. The van der Waals surface area contributed by atoms with E-state index >= 15 is 0 Å². The number of hydrogen-bond donors (Lipinski definition) is 1. The van der Waals surface area contributed by atoms with E-state index in [0.717, 1.165) is 25.5 Å². The normalized spacial score (nSPS) is 12.6. The van der Waals surface area contributed by atoms with Gasteiger partial charge < -0.3 is 5.32 Å². The van der Waals surface area contributed by atoms with Crippen LogP contribution in [0.3, 0.4) is 0 Å². The van der Waals surface area contributed by atoms with Crippen LogP contribution in [-0.2, 0) is 12.8 Å². The SMILES string of the molecule is CCCNC(Cc1cc(F)cc(F)c1)c1sccc1CC. The molecule has 0 aliphatic rings. The molecular formula is C17H21F2NS. The molecule has 4 heteroatoms. The molecule has 0 saturated heterocycles. The van der Waals surface area contributed by atoms with Gasteiger partial charge in [-0.15, -0.1) is 11.3 Å². The number of thiophene rings is 1. The molecule has 0 aliphatic carbocycles. The number of nitrogens with one attached hydrogen (secondary N) is 1. The van der Waals surface area contributed by atoms with E-state index in [9.17, 15) is 8.78 Å². The molecule has 1 atom stereocenters. The molecule has 0 spiro atoms. The maximum Gasteiger partial charge on any atom is 0.126 e. The Kier molecular flexibility index (Phi) is 5.88. The van der Waals surface area contributed by atoms with Crippen molar-refractivity contribution in [2.24, 2.45) is 0 Å². The summed E-state index contributed by atoms with van der Waals surface area (Å²) in [5, 5.41) is 5.58. The van der Waals surface area contributed by atoms with Crippen molar-refractivity contribution in [2.45, 2.75) is 39.2 Å². The van der Waals surface area contributed by atoms with Gasteiger partial charge in [-0.3, -0.25) is 0 Å². The first-order chi connectivity index (χ1) is 10.1. The van der Waals surface area contributed by atoms with Crippen LogP contribution in [0.15, 0.2) is 29.6 Å². The Morgan fingerprint density at radius 3 is 2.48 bits per heavy atom. The van der Waals surface area contributed by atoms with Crippen LogP contribution in [0.25, 0.3) is 0 Å². The largest absolute Gasteiger partial charge is 0.309 e. The number of hydrogen-bond acceptors (Lipinski definition) is 2. The standard InChI is InChI=1S/C17H21F2NS/c1-3-6-20-16(17-13(4-2)5-7-21-17)10-12-8-14(18)11-15(19)9-12/h5,7-9,11,16,20H,3-4,6,10H2,1-2H3. The Balaban J connectivity index is 2.23. The quantitative estimate of drug-likeness (QED) is 0.769. The summed E-state index contributed by atoms with van der Waals surface area (Å²) >= 11 is 1.71. The fraction of sp³-hybridized carbons (Fsp3) is 0.412. The zero-order valence-electron chi connectivity index (χ0n) is 12.5. The van der Waals surface area contributed by atoms with E-state index in [0.29, 0.717) is 12.0 Å². The second kappa shape index (κ2) is 7.66. The van der Waals surface area contributed by atoms with E-state index in [1.54, 1.807) is 11.3 Å². The van der Waals surface area contributed by atoms with E-state index in [1.807, 2.05) is 0 Å². The maximum absolute atomic E-state index is 13.4. The number of benzene rings is 1. The molecule has 1 unspecified atom stereocenters. The van der Waals surface area contributed by atoms with Crippen molar-refractivity contribution in [1.29, 1.82) is 0 Å². The van der Waals surface area contributed by atoms with Gasteiger partial charge >= 0.3 is 0 Å². The lowest BCUT2D eigenvalue weighted by atomic mass is 10.0. The third kappa shape index (κ3) is 4.35. The van der Waals surface area contributed by atoms with Gasteiger partial charge in [0.1, 0.15) is 11.6 Å². The van der Waals surface area contributed by atoms with Crippen LogP contribution >= 0.6 is 11.3 Å². The molecule has 1 N–H and O–H groups in total. The third-order valence-corrected chi connectivity index (χ3v) is 4.55. The highest BCUT2D eigenvalue weighted by Gasteiger charge is 2.17. The van der Waals surface area contributed by atoms with Crippen molar-refractivity contribution in [2.75, 3.05) is 6.54 Å². The van der Waals surface area contributed by atoms with Crippen LogP contribution in [-0.4, -0.2) is 6.54 Å². The zero-order chi connectivity index (χ0) is 15.2. The number of rotatable bonds is 7.